The minimum absolute atomic E-state index is 0.563. The van der Waals surface area contributed by atoms with Gasteiger partial charge >= 0.3 is 0 Å². The molecule has 0 bridgehead atoms. The molecule has 4 heteroatoms. The highest BCUT2D eigenvalue weighted by Gasteiger charge is 2.35. The SMILES string of the molecule is CCc1cc(C2CC2)ccc1N(Cc1ncc(N)cn1)C(CC)C1CC1. The Kier molecular flexibility index (Phi) is 4.84. The molecule has 0 aliphatic heterocycles. The zero-order valence-corrected chi connectivity index (χ0v) is 16.0. The summed E-state index contributed by atoms with van der Waals surface area (Å²) in [6, 6.07) is 7.72. The van der Waals surface area contributed by atoms with Crippen LogP contribution in [0, 0.1) is 5.92 Å². The Morgan fingerprint density at radius 1 is 1.12 bits per heavy atom. The van der Waals surface area contributed by atoms with E-state index in [1.54, 1.807) is 12.4 Å². The van der Waals surface area contributed by atoms with Crippen LogP contribution in [0.15, 0.2) is 30.6 Å². The highest BCUT2D eigenvalue weighted by molar-refractivity contribution is 5.57. The van der Waals surface area contributed by atoms with Crippen LogP contribution < -0.4 is 10.6 Å². The first-order valence-corrected chi connectivity index (χ1v) is 10.2. The second kappa shape index (κ2) is 7.26. The average Bonchev–Trinajstić information content (AvgIpc) is 3.56. The van der Waals surface area contributed by atoms with Gasteiger partial charge in [-0.15, -0.1) is 0 Å². The van der Waals surface area contributed by atoms with Crippen molar-refractivity contribution in [1.29, 1.82) is 0 Å². The van der Waals surface area contributed by atoms with Gasteiger partial charge in [0.25, 0.3) is 0 Å². The van der Waals surface area contributed by atoms with Crippen molar-refractivity contribution >= 4 is 11.4 Å². The average molecular weight is 351 g/mol. The maximum atomic E-state index is 5.77. The molecule has 4 rings (SSSR count). The van der Waals surface area contributed by atoms with Crippen LogP contribution in [0.5, 0.6) is 0 Å². The molecule has 0 saturated heterocycles. The van der Waals surface area contributed by atoms with Crippen molar-refractivity contribution in [3.63, 3.8) is 0 Å². The highest BCUT2D eigenvalue weighted by atomic mass is 15.2. The van der Waals surface area contributed by atoms with Gasteiger partial charge in [0.1, 0.15) is 5.82 Å². The molecule has 26 heavy (non-hydrogen) atoms. The van der Waals surface area contributed by atoms with Crippen molar-refractivity contribution in [2.45, 2.75) is 70.9 Å². The number of rotatable bonds is 8. The smallest absolute Gasteiger partial charge is 0.147 e. The van der Waals surface area contributed by atoms with Gasteiger partial charge in [-0.05, 0) is 67.6 Å². The fourth-order valence-corrected chi connectivity index (χ4v) is 4.11. The molecule has 1 unspecified atom stereocenters. The van der Waals surface area contributed by atoms with E-state index < -0.39 is 0 Å². The molecule has 2 aliphatic rings. The van der Waals surface area contributed by atoms with Gasteiger partial charge in [-0.25, -0.2) is 9.97 Å². The van der Waals surface area contributed by atoms with E-state index in [2.05, 4.69) is 46.9 Å². The molecule has 1 aromatic carbocycles. The largest absolute Gasteiger partial charge is 0.396 e. The molecule has 2 fully saturated rings. The Labute approximate surface area is 156 Å². The Morgan fingerprint density at radius 3 is 2.42 bits per heavy atom. The number of aryl methyl sites for hydroxylation is 1. The van der Waals surface area contributed by atoms with E-state index in [0.717, 1.165) is 37.0 Å². The van der Waals surface area contributed by atoms with Gasteiger partial charge < -0.3 is 10.6 Å². The first kappa shape index (κ1) is 17.3. The molecule has 1 atom stereocenters. The van der Waals surface area contributed by atoms with Crippen molar-refractivity contribution in [1.82, 2.24) is 9.97 Å². The van der Waals surface area contributed by atoms with Crippen molar-refractivity contribution in [3.05, 3.63) is 47.5 Å². The summed E-state index contributed by atoms with van der Waals surface area (Å²) in [7, 11) is 0. The lowest BCUT2D eigenvalue weighted by atomic mass is 9.99. The molecule has 4 nitrogen and oxygen atoms in total. The summed E-state index contributed by atoms with van der Waals surface area (Å²) in [4.78, 5) is 11.5. The first-order valence-electron chi connectivity index (χ1n) is 10.2. The summed E-state index contributed by atoms with van der Waals surface area (Å²) in [5.41, 5.74) is 10.7. The highest BCUT2D eigenvalue weighted by Crippen LogP contribution is 2.43. The number of aromatic nitrogens is 2. The second-order valence-electron chi connectivity index (χ2n) is 7.89. The minimum Gasteiger partial charge on any atom is -0.396 e. The van der Waals surface area contributed by atoms with Crippen molar-refractivity contribution in [2.75, 3.05) is 10.6 Å². The molecular weight excluding hydrogens is 320 g/mol. The van der Waals surface area contributed by atoms with Crippen LogP contribution in [0.3, 0.4) is 0 Å². The van der Waals surface area contributed by atoms with Gasteiger partial charge in [0.15, 0.2) is 0 Å². The lowest BCUT2D eigenvalue weighted by molar-refractivity contribution is 0.507. The van der Waals surface area contributed by atoms with Crippen LogP contribution in [0.4, 0.5) is 11.4 Å². The molecule has 138 valence electrons. The second-order valence-corrected chi connectivity index (χ2v) is 7.89. The van der Waals surface area contributed by atoms with E-state index in [-0.39, 0.29) is 0 Å². The number of nitrogens with zero attached hydrogens (tertiary/aromatic N) is 3. The Morgan fingerprint density at radius 2 is 1.85 bits per heavy atom. The minimum atomic E-state index is 0.563. The van der Waals surface area contributed by atoms with Crippen LogP contribution in [0.25, 0.3) is 0 Å². The quantitative estimate of drug-likeness (QED) is 0.750. The van der Waals surface area contributed by atoms with Crippen LogP contribution in [-0.4, -0.2) is 16.0 Å². The molecule has 0 radical (unpaired) electrons. The monoisotopic (exact) mass is 350 g/mol. The summed E-state index contributed by atoms with van der Waals surface area (Å²) in [6.45, 7) is 5.33. The molecule has 1 heterocycles. The topological polar surface area (TPSA) is 55.0 Å². The zero-order chi connectivity index (χ0) is 18.1. The number of anilines is 2. The third-order valence-electron chi connectivity index (χ3n) is 5.86. The number of hydrogen-bond donors (Lipinski definition) is 1. The Hall–Kier alpha value is -2.10. The third-order valence-corrected chi connectivity index (χ3v) is 5.86. The van der Waals surface area contributed by atoms with Gasteiger partial charge in [0.05, 0.1) is 24.6 Å². The molecular formula is C22H30N4. The third kappa shape index (κ3) is 3.69. The van der Waals surface area contributed by atoms with E-state index in [1.807, 2.05) is 0 Å². The van der Waals surface area contributed by atoms with Gasteiger partial charge in [0.2, 0.25) is 0 Å². The summed E-state index contributed by atoms with van der Waals surface area (Å²) >= 11 is 0. The summed E-state index contributed by atoms with van der Waals surface area (Å²) in [5.74, 6) is 2.46. The maximum Gasteiger partial charge on any atom is 0.147 e. The van der Waals surface area contributed by atoms with Gasteiger partial charge in [0, 0.05) is 11.7 Å². The van der Waals surface area contributed by atoms with E-state index in [9.17, 15) is 0 Å². The molecule has 0 spiro atoms. The Bertz CT molecular complexity index is 747. The van der Waals surface area contributed by atoms with Crippen LogP contribution in [-0.2, 0) is 13.0 Å². The van der Waals surface area contributed by atoms with Crippen LogP contribution in [0.1, 0.15) is 68.8 Å². The fraction of sp³-hybridized carbons (Fsp3) is 0.545. The van der Waals surface area contributed by atoms with Gasteiger partial charge in [-0.1, -0.05) is 26.0 Å². The molecule has 1 aromatic heterocycles. The number of nitrogens with two attached hydrogens (primary N) is 1. The summed E-state index contributed by atoms with van der Waals surface area (Å²) in [6.07, 6.45) is 11.1. The predicted octanol–water partition coefficient (Wildman–Crippen LogP) is 4.69. The maximum absolute atomic E-state index is 5.77. The van der Waals surface area contributed by atoms with Gasteiger partial charge in [-0.2, -0.15) is 0 Å². The lowest BCUT2D eigenvalue weighted by Gasteiger charge is -2.34. The fourth-order valence-electron chi connectivity index (χ4n) is 4.11. The number of benzene rings is 1. The number of hydrogen-bond acceptors (Lipinski definition) is 4. The van der Waals surface area contributed by atoms with E-state index in [0.29, 0.717) is 11.7 Å². The molecule has 2 aromatic rings. The van der Waals surface area contributed by atoms with E-state index in [4.69, 9.17) is 5.73 Å². The standard InChI is InChI=1S/C22H30N4/c1-3-15-11-18(16-5-6-16)9-10-21(15)26(20(4-2)17-7-8-17)14-22-24-12-19(23)13-25-22/h9-13,16-17,20H,3-8,14,23H2,1-2H3. The predicted molar refractivity (Wildman–Crippen MR) is 107 cm³/mol. The van der Waals surface area contributed by atoms with Gasteiger partial charge in [-0.3, -0.25) is 0 Å². The summed E-state index contributed by atoms with van der Waals surface area (Å²) in [5, 5.41) is 0. The first-order chi connectivity index (χ1) is 12.7. The molecule has 2 aliphatic carbocycles. The molecule has 2 saturated carbocycles. The van der Waals surface area contributed by atoms with Crippen molar-refractivity contribution < 1.29 is 0 Å². The van der Waals surface area contributed by atoms with Crippen LogP contribution in [0.2, 0.25) is 0 Å². The Balaban J connectivity index is 1.68. The van der Waals surface area contributed by atoms with E-state index >= 15 is 0 Å². The molecule has 0 amide bonds. The lowest BCUT2D eigenvalue weighted by Crippen LogP contribution is -2.37. The molecule has 2 N–H and O–H groups in total. The number of nitrogen functional groups attached to an aromatic ring is 1. The zero-order valence-electron chi connectivity index (χ0n) is 16.0. The normalized spacial score (nSPS) is 17.9. The van der Waals surface area contributed by atoms with E-state index in [1.165, 1.54) is 42.5 Å². The summed E-state index contributed by atoms with van der Waals surface area (Å²) < 4.78 is 0. The van der Waals surface area contributed by atoms with Crippen molar-refractivity contribution in [3.8, 4) is 0 Å². The van der Waals surface area contributed by atoms with Crippen molar-refractivity contribution in [2.24, 2.45) is 5.92 Å². The van der Waals surface area contributed by atoms with Crippen LogP contribution >= 0.6 is 0 Å².